The molecule has 0 fully saturated rings. The van der Waals surface area contributed by atoms with E-state index in [2.05, 4.69) is 20.8 Å². The third kappa shape index (κ3) is 3.64. The summed E-state index contributed by atoms with van der Waals surface area (Å²) in [5, 5.41) is 21.5. The second-order valence-corrected chi connectivity index (χ2v) is 3.17. The lowest BCUT2D eigenvalue weighted by atomic mass is 10.3. The Morgan fingerprint density at radius 3 is 2.88 bits per heavy atom. The number of hydrogen-bond donors (Lipinski definition) is 2. The van der Waals surface area contributed by atoms with E-state index in [0.717, 1.165) is 6.42 Å². The highest BCUT2D eigenvalue weighted by Crippen LogP contribution is 1.95. The van der Waals surface area contributed by atoms with Crippen LogP contribution in [0.5, 0.6) is 0 Å². The molecule has 0 saturated heterocycles. The summed E-state index contributed by atoms with van der Waals surface area (Å²) in [6, 6.07) is 0. The number of carbonyl (C=O) groups excluding carboxylic acids is 1. The van der Waals surface area contributed by atoms with Crippen molar-refractivity contribution in [2.45, 2.75) is 26.3 Å². The van der Waals surface area contributed by atoms with Gasteiger partial charge in [0.2, 0.25) is 5.91 Å². The molecule has 0 radical (unpaired) electrons. The molecule has 0 bridgehead atoms. The summed E-state index contributed by atoms with van der Waals surface area (Å²) >= 11 is 0. The molecule has 0 atom stereocenters. The van der Waals surface area contributed by atoms with E-state index in [1.54, 1.807) is 0 Å². The van der Waals surface area contributed by atoms with Gasteiger partial charge in [0.05, 0.1) is 6.42 Å². The molecule has 88 valence electrons. The fourth-order valence-corrected chi connectivity index (χ4v) is 1.12. The van der Waals surface area contributed by atoms with Crippen LogP contribution in [0.15, 0.2) is 0 Å². The van der Waals surface area contributed by atoms with Crippen molar-refractivity contribution in [1.29, 1.82) is 0 Å². The van der Waals surface area contributed by atoms with Gasteiger partial charge in [-0.3, -0.25) is 9.59 Å². The molecular formula is C8H13N5O3. The van der Waals surface area contributed by atoms with Crippen LogP contribution in [0.3, 0.4) is 0 Å². The van der Waals surface area contributed by atoms with E-state index in [9.17, 15) is 9.59 Å². The Kier molecular flexibility index (Phi) is 4.37. The van der Waals surface area contributed by atoms with Crippen molar-refractivity contribution >= 4 is 11.9 Å². The molecule has 16 heavy (non-hydrogen) atoms. The molecule has 0 saturated carbocycles. The van der Waals surface area contributed by atoms with Crippen molar-refractivity contribution < 1.29 is 14.7 Å². The topological polar surface area (TPSA) is 110 Å². The van der Waals surface area contributed by atoms with Gasteiger partial charge in [-0.05, 0) is 16.8 Å². The third-order valence-electron chi connectivity index (χ3n) is 1.80. The molecule has 1 amide bonds. The first-order chi connectivity index (χ1) is 7.63. The van der Waals surface area contributed by atoms with Gasteiger partial charge in [-0.1, -0.05) is 6.92 Å². The van der Waals surface area contributed by atoms with Gasteiger partial charge in [-0.25, -0.2) is 4.68 Å². The van der Waals surface area contributed by atoms with E-state index in [1.807, 2.05) is 6.92 Å². The zero-order valence-corrected chi connectivity index (χ0v) is 8.88. The third-order valence-corrected chi connectivity index (χ3v) is 1.80. The highest BCUT2D eigenvalue weighted by molar-refractivity contribution is 5.82. The fraction of sp³-hybridized carbons (Fsp3) is 0.625. The lowest BCUT2D eigenvalue weighted by Gasteiger charge is -2.02. The lowest BCUT2D eigenvalue weighted by Crippen LogP contribution is -2.31. The number of nitrogens with zero attached hydrogens (tertiary/aromatic N) is 4. The minimum atomic E-state index is -1.08. The predicted octanol–water partition coefficient (Wildman–Crippen LogP) is -1.17. The number of carboxylic acids is 1. The van der Waals surface area contributed by atoms with Crippen LogP contribution in [-0.4, -0.2) is 43.7 Å². The number of carboxylic acid groups (broad SMARTS) is 1. The van der Waals surface area contributed by atoms with Crippen molar-refractivity contribution in [3.8, 4) is 0 Å². The normalized spacial score (nSPS) is 10.1. The Morgan fingerprint density at radius 2 is 2.25 bits per heavy atom. The molecule has 1 heterocycles. The fourth-order valence-electron chi connectivity index (χ4n) is 1.12. The van der Waals surface area contributed by atoms with Crippen LogP contribution < -0.4 is 5.32 Å². The van der Waals surface area contributed by atoms with Crippen molar-refractivity contribution in [2.75, 3.05) is 6.54 Å². The van der Waals surface area contributed by atoms with Crippen LogP contribution >= 0.6 is 0 Å². The monoisotopic (exact) mass is 227 g/mol. The van der Waals surface area contributed by atoms with E-state index in [1.165, 1.54) is 4.68 Å². The van der Waals surface area contributed by atoms with E-state index in [4.69, 9.17) is 5.11 Å². The summed E-state index contributed by atoms with van der Waals surface area (Å²) in [6.07, 6.45) is 0.842. The van der Waals surface area contributed by atoms with Crippen LogP contribution in [0, 0.1) is 0 Å². The maximum absolute atomic E-state index is 11.3. The summed E-state index contributed by atoms with van der Waals surface area (Å²) in [5.74, 6) is -1.05. The number of aliphatic carboxylic acids is 1. The van der Waals surface area contributed by atoms with Crippen LogP contribution in [0.25, 0.3) is 0 Å². The highest BCUT2D eigenvalue weighted by atomic mass is 16.4. The highest BCUT2D eigenvalue weighted by Gasteiger charge is 2.11. The number of hydrogen-bond acceptors (Lipinski definition) is 5. The summed E-state index contributed by atoms with van der Waals surface area (Å²) in [4.78, 5) is 21.5. The van der Waals surface area contributed by atoms with E-state index < -0.39 is 18.4 Å². The molecule has 0 aliphatic heterocycles. The number of tetrazole rings is 1. The first-order valence-electron chi connectivity index (χ1n) is 4.87. The Bertz CT molecular complexity index is 376. The molecule has 1 aromatic rings. The first kappa shape index (κ1) is 12.1. The second kappa shape index (κ2) is 5.79. The Balaban J connectivity index is 2.48. The van der Waals surface area contributed by atoms with Gasteiger partial charge in [0, 0.05) is 6.54 Å². The van der Waals surface area contributed by atoms with Crippen molar-refractivity contribution in [3.63, 3.8) is 0 Å². The van der Waals surface area contributed by atoms with Gasteiger partial charge in [0.25, 0.3) is 0 Å². The van der Waals surface area contributed by atoms with Crippen molar-refractivity contribution in [3.05, 3.63) is 5.82 Å². The number of aromatic nitrogens is 4. The molecule has 0 unspecified atom stereocenters. The largest absolute Gasteiger partial charge is 0.480 e. The van der Waals surface area contributed by atoms with Crippen LogP contribution in [0.4, 0.5) is 0 Å². The van der Waals surface area contributed by atoms with Gasteiger partial charge >= 0.3 is 5.97 Å². The smallest absolute Gasteiger partial charge is 0.322 e. The molecule has 1 aromatic heterocycles. The van der Waals surface area contributed by atoms with Crippen molar-refractivity contribution in [2.24, 2.45) is 0 Å². The summed E-state index contributed by atoms with van der Waals surface area (Å²) in [6.45, 7) is 2.21. The van der Waals surface area contributed by atoms with Gasteiger partial charge in [-0.15, -0.1) is 5.10 Å². The van der Waals surface area contributed by atoms with Gasteiger partial charge in [-0.2, -0.15) is 0 Å². The molecule has 0 aliphatic rings. The molecule has 8 heteroatoms. The Hall–Kier alpha value is -1.99. The predicted molar refractivity (Wildman–Crippen MR) is 52.5 cm³/mol. The van der Waals surface area contributed by atoms with Crippen molar-refractivity contribution in [1.82, 2.24) is 25.5 Å². The molecule has 8 nitrogen and oxygen atoms in total. The standard InChI is InChI=1S/C8H13N5O3/c1-2-3-13-6(10-11-12-13)4-7(14)9-5-8(15)16/h2-5H2,1H3,(H,9,14)(H,15,16). The Labute approximate surface area is 91.6 Å². The zero-order chi connectivity index (χ0) is 12.0. The van der Waals surface area contributed by atoms with Gasteiger partial charge in [0.15, 0.2) is 5.82 Å². The Morgan fingerprint density at radius 1 is 1.50 bits per heavy atom. The van der Waals surface area contributed by atoms with Gasteiger partial charge in [0.1, 0.15) is 6.54 Å². The van der Waals surface area contributed by atoms with Crippen LogP contribution in [-0.2, 0) is 22.6 Å². The average molecular weight is 227 g/mol. The summed E-state index contributed by atoms with van der Waals surface area (Å²) in [5.41, 5.74) is 0. The lowest BCUT2D eigenvalue weighted by molar-refractivity contribution is -0.137. The van der Waals surface area contributed by atoms with Crippen LogP contribution in [0.1, 0.15) is 19.2 Å². The molecule has 0 aromatic carbocycles. The summed E-state index contributed by atoms with van der Waals surface area (Å²) in [7, 11) is 0. The molecule has 0 spiro atoms. The number of rotatable bonds is 6. The maximum Gasteiger partial charge on any atom is 0.322 e. The molecular weight excluding hydrogens is 214 g/mol. The van der Waals surface area contributed by atoms with Gasteiger partial charge < -0.3 is 10.4 Å². The first-order valence-corrected chi connectivity index (χ1v) is 4.87. The minimum absolute atomic E-state index is 0.0136. The van der Waals surface area contributed by atoms with Crippen LogP contribution in [0.2, 0.25) is 0 Å². The number of nitrogens with one attached hydrogen (secondary N) is 1. The van der Waals surface area contributed by atoms with E-state index in [0.29, 0.717) is 12.4 Å². The van der Waals surface area contributed by atoms with E-state index in [-0.39, 0.29) is 6.42 Å². The SMILES string of the molecule is CCCn1nnnc1CC(=O)NCC(=O)O. The van der Waals surface area contributed by atoms with E-state index >= 15 is 0 Å². The maximum atomic E-state index is 11.3. The quantitative estimate of drug-likeness (QED) is 0.633. The molecule has 2 N–H and O–H groups in total. The average Bonchev–Trinajstić information content (AvgIpc) is 2.63. The molecule has 1 rings (SSSR count). The number of aryl methyl sites for hydroxylation is 1. The number of carbonyl (C=O) groups is 2. The summed E-state index contributed by atoms with van der Waals surface area (Å²) < 4.78 is 1.53. The minimum Gasteiger partial charge on any atom is -0.480 e. The molecule has 0 aliphatic carbocycles. The second-order valence-electron chi connectivity index (χ2n) is 3.17. The number of amides is 1. The zero-order valence-electron chi connectivity index (χ0n) is 8.88.